The fourth-order valence-corrected chi connectivity index (χ4v) is 2.02. The molecule has 0 fully saturated rings. The number of nitrogens with one attached hydrogen (secondary N) is 1. The second kappa shape index (κ2) is 7.14. The van der Waals surface area contributed by atoms with E-state index in [1.165, 1.54) is 11.1 Å². The van der Waals surface area contributed by atoms with Crippen LogP contribution in [-0.2, 0) is 11.3 Å². The standard InChI is InChI=1S/C15H23NO3/c1-10-7-12(3)13(14(8-10)19-4)9-16-6-5-11(2)15(17)18/h7-8,11,16H,5-6,9H2,1-4H3,(H,17,18). The van der Waals surface area contributed by atoms with Crippen molar-refractivity contribution in [1.29, 1.82) is 0 Å². The molecule has 0 aliphatic rings. The highest BCUT2D eigenvalue weighted by Crippen LogP contribution is 2.23. The Morgan fingerprint density at radius 1 is 1.42 bits per heavy atom. The predicted octanol–water partition coefficient (Wildman–Crippen LogP) is 2.51. The maximum atomic E-state index is 10.7. The van der Waals surface area contributed by atoms with Gasteiger partial charge in [0.25, 0.3) is 0 Å². The van der Waals surface area contributed by atoms with Crippen LogP contribution in [0.1, 0.15) is 30.0 Å². The van der Waals surface area contributed by atoms with Gasteiger partial charge in [0, 0.05) is 12.1 Å². The molecule has 0 spiro atoms. The molecule has 0 saturated heterocycles. The molecule has 0 amide bonds. The largest absolute Gasteiger partial charge is 0.496 e. The van der Waals surface area contributed by atoms with Gasteiger partial charge in [0.15, 0.2) is 0 Å². The van der Waals surface area contributed by atoms with E-state index >= 15 is 0 Å². The second-order valence-electron chi connectivity index (χ2n) is 4.97. The van der Waals surface area contributed by atoms with E-state index in [0.717, 1.165) is 11.3 Å². The highest BCUT2D eigenvalue weighted by molar-refractivity contribution is 5.69. The summed E-state index contributed by atoms with van der Waals surface area (Å²) in [4.78, 5) is 10.7. The summed E-state index contributed by atoms with van der Waals surface area (Å²) in [6.07, 6.45) is 0.628. The lowest BCUT2D eigenvalue weighted by molar-refractivity contribution is -0.141. The molecular formula is C15H23NO3. The molecule has 4 heteroatoms. The van der Waals surface area contributed by atoms with Gasteiger partial charge in [-0.05, 0) is 44.0 Å². The van der Waals surface area contributed by atoms with Crippen molar-refractivity contribution in [2.75, 3.05) is 13.7 Å². The molecule has 1 unspecified atom stereocenters. The first-order chi connectivity index (χ1) is 8.95. The van der Waals surface area contributed by atoms with Crippen molar-refractivity contribution in [3.8, 4) is 5.75 Å². The average Bonchev–Trinajstić information content (AvgIpc) is 2.35. The summed E-state index contributed by atoms with van der Waals surface area (Å²) >= 11 is 0. The molecule has 0 bridgehead atoms. The van der Waals surface area contributed by atoms with Gasteiger partial charge in [-0.1, -0.05) is 13.0 Å². The summed E-state index contributed by atoms with van der Waals surface area (Å²) in [6.45, 7) is 7.21. The summed E-state index contributed by atoms with van der Waals surface area (Å²) < 4.78 is 5.39. The number of rotatable bonds is 7. The third kappa shape index (κ3) is 4.56. The van der Waals surface area contributed by atoms with Crippen molar-refractivity contribution < 1.29 is 14.6 Å². The van der Waals surface area contributed by atoms with Gasteiger partial charge in [-0.15, -0.1) is 0 Å². The van der Waals surface area contributed by atoms with E-state index in [4.69, 9.17) is 9.84 Å². The van der Waals surface area contributed by atoms with E-state index < -0.39 is 5.97 Å². The highest BCUT2D eigenvalue weighted by Gasteiger charge is 2.11. The maximum Gasteiger partial charge on any atom is 0.306 e. The molecule has 0 aromatic heterocycles. The molecule has 1 aromatic carbocycles. The van der Waals surface area contributed by atoms with Gasteiger partial charge in [-0.25, -0.2) is 0 Å². The maximum absolute atomic E-state index is 10.7. The Balaban J connectivity index is 2.56. The van der Waals surface area contributed by atoms with Crippen LogP contribution < -0.4 is 10.1 Å². The van der Waals surface area contributed by atoms with Crippen LogP contribution in [0.4, 0.5) is 0 Å². The number of hydrogen-bond acceptors (Lipinski definition) is 3. The van der Waals surface area contributed by atoms with E-state index in [1.807, 2.05) is 13.0 Å². The van der Waals surface area contributed by atoms with Crippen molar-refractivity contribution in [1.82, 2.24) is 5.32 Å². The van der Waals surface area contributed by atoms with E-state index in [-0.39, 0.29) is 5.92 Å². The molecular weight excluding hydrogens is 242 g/mol. The number of aliphatic carboxylic acids is 1. The van der Waals surface area contributed by atoms with Crippen molar-refractivity contribution in [2.24, 2.45) is 5.92 Å². The van der Waals surface area contributed by atoms with Crippen LogP contribution >= 0.6 is 0 Å². The quantitative estimate of drug-likeness (QED) is 0.744. The third-order valence-corrected chi connectivity index (χ3v) is 3.27. The monoisotopic (exact) mass is 265 g/mol. The number of carboxylic acid groups (broad SMARTS) is 1. The first-order valence-corrected chi connectivity index (χ1v) is 6.53. The molecule has 1 atom stereocenters. The van der Waals surface area contributed by atoms with E-state index in [2.05, 4.69) is 18.3 Å². The fourth-order valence-electron chi connectivity index (χ4n) is 2.02. The number of carboxylic acids is 1. The summed E-state index contributed by atoms with van der Waals surface area (Å²) in [7, 11) is 1.67. The Morgan fingerprint density at radius 3 is 2.68 bits per heavy atom. The molecule has 0 saturated carbocycles. The van der Waals surface area contributed by atoms with Crippen molar-refractivity contribution in [3.63, 3.8) is 0 Å². The van der Waals surface area contributed by atoms with Crippen molar-refractivity contribution in [3.05, 3.63) is 28.8 Å². The second-order valence-corrected chi connectivity index (χ2v) is 4.97. The minimum Gasteiger partial charge on any atom is -0.496 e. The Labute approximate surface area is 114 Å². The number of benzene rings is 1. The third-order valence-electron chi connectivity index (χ3n) is 3.27. The van der Waals surface area contributed by atoms with Gasteiger partial charge in [-0.3, -0.25) is 4.79 Å². The summed E-state index contributed by atoms with van der Waals surface area (Å²) in [6, 6.07) is 4.14. The number of methoxy groups -OCH3 is 1. The fraction of sp³-hybridized carbons (Fsp3) is 0.533. The minimum atomic E-state index is -0.745. The number of ether oxygens (including phenoxy) is 1. The van der Waals surface area contributed by atoms with Gasteiger partial charge in [0.1, 0.15) is 5.75 Å². The van der Waals surface area contributed by atoms with E-state index in [1.54, 1.807) is 14.0 Å². The molecule has 106 valence electrons. The van der Waals surface area contributed by atoms with E-state index in [0.29, 0.717) is 19.5 Å². The van der Waals surface area contributed by atoms with Gasteiger partial charge in [-0.2, -0.15) is 0 Å². The zero-order valence-corrected chi connectivity index (χ0v) is 12.1. The van der Waals surface area contributed by atoms with Crippen LogP contribution in [0.3, 0.4) is 0 Å². The molecule has 0 aliphatic heterocycles. The molecule has 0 heterocycles. The molecule has 0 radical (unpaired) electrons. The zero-order valence-electron chi connectivity index (χ0n) is 12.1. The molecule has 1 aromatic rings. The first-order valence-electron chi connectivity index (χ1n) is 6.53. The number of carbonyl (C=O) groups is 1. The van der Waals surface area contributed by atoms with Gasteiger partial charge >= 0.3 is 5.97 Å². The molecule has 0 aliphatic carbocycles. The Bertz CT molecular complexity index is 443. The van der Waals surface area contributed by atoms with Gasteiger partial charge < -0.3 is 15.2 Å². The van der Waals surface area contributed by atoms with Crippen molar-refractivity contribution >= 4 is 5.97 Å². The number of aryl methyl sites for hydroxylation is 2. The Morgan fingerprint density at radius 2 is 2.11 bits per heavy atom. The molecule has 2 N–H and O–H groups in total. The number of hydrogen-bond donors (Lipinski definition) is 2. The van der Waals surface area contributed by atoms with Gasteiger partial charge in [0.2, 0.25) is 0 Å². The average molecular weight is 265 g/mol. The summed E-state index contributed by atoms with van der Waals surface area (Å²) in [5.41, 5.74) is 3.50. The van der Waals surface area contributed by atoms with Crippen LogP contribution in [0.5, 0.6) is 5.75 Å². The van der Waals surface area contributed by atoms with Crippen LogP contribution in [0.15, 0.2) is 12.1 Å². The normalized spacial score (nSPS) is 12.2. The Hall–Kier alpha value is -1.55. The smallest absolute Gasteiger partial charge is 0.306 e. The lowest BCUT2D eigenvalue weighted by Gasteiger charge is -2.14. The SMILES string of the molecule is COc1cc(C)cc(C)c1CNCCC(C)C(=O)O. The van der Waals surface area contributed by atoms with Crippen LogP contribution in [-0.4, -0.2) is 24.7 Å². The first kappa shape index (κ1) is 15.5. The van der Waals surface area contributed by atoms with Crippen LogP contribution in [0.2, 0.25) is 0 Å². The van der Waals surface area contributed by atoms with Crippen LogP contribution in [0, 0.1) is 19.8 Å². The lowest BCUT2D eigenvalue weighted by atomic mass is 10.0. The van der Waals surface area contributed by atoms with Crippen molar-refractivity contribution in [2.45, 2.75) is 33.7 Å². The molecule has 1 rings (SSSR count). The summed E-state index contributed by atoms with van der Waals surface area (Å²) in [5, 5.41) is 12.1. The topological polar surface area (TPSA) is 58.6 Å². The Kier molecular flexibility index (Phi) is 5.83. The zero-order chi connectivity index (χ0) is 14.4. The minimum absolute atomic E-state index is 0.312. The summed E-state index contributed by atoms with van der Waals surface area (Å²) in [5.74, 6) is -0.171. The van der Waals surface area contributed by atoms with Crippen LogP contribution in [0.25, 0.3) is 0 Å². The highest BCUT2D eigenvalue weighted by atomic mass is 16.5. The lowest BCUT2D eigenvalue weighted by Crippen LogP contribution is -2.21. The predicted molar refractivity (Wildman–Crippen MR) is 75.6 cm³/mol. The van der Waals surface area contributed by atoms with E-state index in [9.17, 15) is 4.79 Å². The van der Waals surface area contributed by atoms with Gasteiger partial charge in [0.05, 0.1) is 13.0 Å². The molecule has 4 nitrogen and oxygen atoms in total. The molecule has 19 heavy (non-hydrogen) atoms.